The zero-order valence-electron chi connectivity index (χ0n) is 44.2. The Balaban J connectivity index is 1.02. The Morgan fingerprint density at radius 3 is 1.39 bits per heavy atom. The normalized spacial score (nSPS) is 23.9. The number of amides is 4. The van der Waals surface area contributed by atoms with Crippen LogP contribution in [0.5, 0.6) is 23.0 Å². The van der Waals surface area contributed by atoms with Crippen molar-refractivity contribution in [3.05, 3.63) is 94.0 Å². The van der Waals surface area contributed by atoms with E-state index in [1.54, 1.807) is 87.7 Å². The van der Waals surface area contributed by atoms with Crippen molar-refractivity contribution in [2.75, 3.05) is 50.3 Å². The lowest BCUT2D eigenvalue weighted by Gasteiger charge is -2.39. The fourth-order valence-corrected chi connectivity index (χ4v) is 10.7. The predicted octanol–water partition coefficient (Wildman–Crippen LogP) is 10.3. The van der Waals surface area contributed by atoms with Crippen molar-refractivity contribution in [2.45, 2.75) is 154 Å². The molecule has 6 heterocycles. The highest BCUT2D eigenvalue weighted by Crippen LogP contribution is 2.46. The summed E-state index contributed by atoms with van der Waals surface area (Å²) in [5.74, 6) is 0.308. The molecule has 2 unspecified atom stereocenters. The van der Waals surface area contributed by atoms with Crippen molar-refractivity contribution in [2.24, 2.45) is 0 Å². The lowest BCUT2D eigenvalue weighted by atomic mass is 10.1. The summed E-state index contributed by atoms with van der Waals surface area (Å²) < 4.78 is 62.1. The number of rotatable bonds is 12. The van der Waals surface area contributed by atoms with Crippen molar-refractivity contribution < 1.29 is 66.5 Å². The molecule has 18 nitrogen and oxygen atoms in total. The van der Waals surface area contributed by atoms with Crippen molar-refractivity contribution in [3.63, 3.8) is 0 Å². The number of carbonyl (C=O) groups is 4. The van der Waals surface area contributed by atoms with Crippen LogP contribution in [0.2, 0.25) is 5.02 Å². The van der Waals surface area contributed by atoms with Crippen molar-refractivity contribution in [3.8, 4) is 23.0 Å². The Labute approximate surface area is 443 Å². The fraction of sp³-hybridized carbons (Fsp3) is 0.536. The number of hydrogen-bond acceptors (Lipinski definition) is 14. The van der Waals surface area contributed by atoms with E-state index in [4.69, 9.17) is 59.0 Å². The monoisotopic (exact) mass is 1060 g/mol. The smallest absolute Gasteiger partial charge is 0.417 e. The van der Waals surface area contributed by atoms with E-state index >= 15 is 0 Å². The molecule has 0 aromatic heterocycles. The van der Waals surface area contributed by atoms with Crippen LogP contribution in [0, 0.1) is 0 Å². The molecule has 4 saturated heterocycles. The Bertz CT molecular complexity index is 2530. The second-order valence-corrected chi connectivity index (χ2v) is 22.3. The lowest BCUT2D eigenvalue weighted by molar-refractivity contribution is -0.196. The highest BCUT2D eigenvalue weighted by molar-refractivity contribution is 6.30. The van der Waals surface area contributed by atoms with Crippen molar-refractivity contribution >= 4 is 47.0 Å². The van der Waals surface area contributed by atoms with Crippen LogP contribution in [-0.4, -0.2) is 123 Å². The van der Waals surface area contributed by atoms with E-state index in [0.717, 1.165) is 36.8 Å². The van der Waals surface area contributed by atoms with Crippen LogP contribution in [0.4, 0.5) is 21.0 Å². The number of hydrogen-bond donors (Lipinski definition) is 0. The molecule has 3 aromatic rings. The van der Waals surface area contributed by atoms with Gasteiger partial charge in [-0.15, -0.1) is 0 Å². The molecule has 0 saturated carbocycles. The Morgan fingerprint density at radius 2 is 1.03 bits per heavy atom. The predicted molar refractivity (Wildman–Crippen MR) is 278 cm³/mol. The summed E-state index contributed by atoms with van der Waals surface area (Å²) >= 11 is 6.79. The third-order valence-electron chi connectivity index (χ3n) is 13.7. The van der Waals surface area contributed by atoms with Gasteiger partial charge >= 0.3 is 12.2 Å². The van der Waals surface area contributed by atoms with Gasteiger partial charge in [-0.05, 0) is 134 Å². The van der Waals surface area contributed by atoms with E-state index in [1.165, 1.54) is 24.0 Å². The van der Waals surface area contributed by atoms with Gasteiger partial charge in [0.2, 0.25) is 0 Å². The van der Waals surface area contributed by atoms with E-state index in [1.807, 2.05) is 6.07 Å². The number of halogens is 1. The first-order valence-electron chi connectivity index (χ1n) is 25.7. The summed E-state index contributed by atoms with van der Waals surface area (Å²) in [4.78, 5) is 64.3. The number of methoxy groups -OCH3 is 2. The molecule has 3 aromatic carbocycles. The van der Waals surface area contributed by atoms with Gasteiger partial charge in [0, 0.05) is 43.5 Å². The Hall–Kier alpha value is -6.05. The molecule has 6 aliphatic rings. The average Bonchev–Trinajstić information content (AvgIpc) is 3.93. The lowest BCUT2D eigenvalue weighted by Crippen LogP contribution is -2.54. The van der Waals surface area contributed by atoms with Crippen LogP contribution in [0.1, 0.15) is 125 Å². The van der Waals surface area contributed by atoms with Gasteiger partial charge in [-0.2, -0.15) is 0 Å². The van der Waals surface area contributed by atoms with Gasteiger partial charge in [0.1, 0.15) is 24.4 Å². The largest absolute Gasteiger partial charge is 0.493 e. The van der Waals surface area contributed by atoms with Gasteiger partial charge in [-0.25, -0.2) is 19.4 Å². The summed E-state index contributed by atoms with van der Waals surface area (Å²) in [5, 5.41) is 0.389. The van der Waals surface area contributed by atoms with Crippen LogP contribution in [0.3, 0.4) is 0 Å². The topological polar surface area (TPSA) is 174 Å². The van der Waals surface area contributed by atoms with Gasteiger partial charge in [0.05, 0.1) is 48.8 Å². The minimum Gasteiger partial charge on any atom is -0.493 e. The molecular weight excluding hydrogens is 988 g/mol. The SMILES string of the molecule is C=C1C[C@H]2[C@H](OC3CCCCO3)N(C(=O)OC(C)(C)C)c3cc(OCc4cc(Cl)cc(COc5cc6c(cc5OC)C(=O)N5CC(=C)C[C@H]5[C@H](OC5CCCCO5)N6C(=O)OC(C)(C)C)c4)c(OC)cc3C(=O)N2C1. The van der Waals surface area contributed by atoms with Crippen LogP contribution >= 0.6 is 11.6 Å². The Morgan fingerprint density at radius 1 is 0.613 bits per heavy atom. The molecule has 0 bridgehead atoms. The molecule has 404 valence electrons. The number of fused-ring (bicyclic) bond motifs is 4. The molecule has 0 radical (unpaired) electrons. The standard InChI is InChI=1S/C56H69ClN4O14/c1-32-19-41-51(72-47-15-11-13-17-68-47)60(53(64)74-55(3,4)5)39-26-45(43(66-9)24-37(39)49(62)58(41)28-32)70-30-34-21-35(23-36(57)22-34)31-71-46-27-40-38(25-44(46)67-10)50(63)59-29-33(2)20-42(59)52(73-48-16-12-14-18-69-48)61(40)54(65)75-56(6,7)8/h21-27,41-42,47-48,51-52H,1-2,11-20,28-31H2,3-10H3/t41-,42-,47?,48?,51-,52-/m0/s1. The second kappa shape index (κ2) is 21.9. The maximum atomic E-state index is 14.6. The third-order valence-corrected chi connectivity index (χ3v) is 13.9. The van der Waals surface area contributed by atoms with E-state index in [2.05, 4.69) is 13.2 Å². The van der Waals surface area contributed by atoms with Crippen LogP contribution < -0.4 is 28.7 Å². The highest BCUT2D eigenvalue weighted by Gasteiger charge is 2.51. The molecule has 4 fully saturated rings. The second-order valence-electron chi connectivity index (χ2n) is 21.8. The number of carbonyl (C=O) groups excluding carboxylic acids is 4. The number of ether oxygens (including phenoxy) is 10. The molecular formula is C56H69ClN4O14. The summed E-state index contributed by atoms with van der Waals surface area (Å²) in [6.45, 7) is 20.6. The molecule has 75 heavy (non-hydrogen) atoms. The molecule has 0 aliphatic carbocycles. The molecule has 19 heteroatoms. The minimum absolute atomic E-state index is 0.0289. The fourth-order valence-electron chi connectivity index (χ4n) is 10.4. The number of nitrogens with zero attached hydrogens (tertiary/aromatic N) is 4. The quantitative estimate of drug-likeness (QED) is 0.157. The van der Waals surface area contributed by atoms with Gasteiger partial charge in [-0.3, -0.25) is 9.59 Å². The van der Waals surface area contributed by atoms with Crippen molar-refractivity contribution in [1.82, 2.24) is 9.80 Å². The summed E-state index contributed by atoms with van der Waals surface area (Å²) in [6.07, 6.45) is 0.965. The molecule has 0 spiro atoms. The van der Waals surface area contributed by atoms with Gasteiger partial charge < -0.3 is 57.2 Å². The summed E-state index contributed by atoms with van der Waals surface area (Å²) in [5.41, 5.74) is 2.00. The maximum Gasteiger partial charge on any atom is 0.417 e. The first-order valence-corrected chi connectivity index (χ1v) is 26.1. The van der Waals surface area contributed by atoms with E-state index < -0.39 is 60.5 Å². The zero-order valence-corrected chi connectivity index (χ0v) is 45.0. The average molecular weight is 1060 g/mol. The van der Waals surface area contributed by atoms with Crippen LogP contribution in [0.25, 0.3) is 0 Å². The minimum atomic E-state index is -0.994. The summed E-state index contributed by atoms with van der Waals surface area (Å²) in [6, 6.07) is 10.5. The van der Waals surface area contributed by atoms with Gasteiger partial charge in [0.15, 0.2) is 48.0 Å². The molecule has 0 N–H and O–H groups in total. The van der Waals surface area contributed by atoms with Crippen LogP contribution in [0.15, 0.2) is 66.8 Å². The zero-order chi connectivity index (χ0) is 53.5. The highest BCUT2D eigenvalue weighted by atomic mass is 35.5. The van der Waals surface area contributed by atoms with E-state index in [9.17, 15) is 19.2 Å². The molecule has 6 aliphatic heterocycles. The van der Waals surface area contributed by atoms with E-state index in [0.29, 0.717) is 55.0 Å². The Kier molecular flexibility index (Phi) is 15.7. The van der Waals surface area contributed by atoms with E-state index in [-0.39, 0.29) is 83.6 Å². The van der Waals surface area contributed by atoms with Crippen LogP contribution in [-0.2, 0) is 41.6 Å². The molecule has 6 atom stereocenters. The van der Waals surface area contributed by atoms with Crippen molar-refractivity contribution in [1.29, 1.82) is 0 Å². The molecule has 4 amide bonds. The first-order chi connectivity index (χ1) is 35.7. The van der Waals surface area contributed by atoms with Gasteiger partial charge in [-0.1, -0.05) is 35.9 Å². The number of anilines is 2. The maximum absolute atomic E-state index is 14.6. The third kappa shape index (κ3) is 11.8. The first kappa shape index (κ1) is 53.8. The summed E-state index contributed by atoms with van der Waals surface area (Å²) in [7, 11) is 2.95. The molecule has 9 rings (SSSR count). The number of benzene rings is 3. The van der Waals surface area contributed by atoms with Gasteiger partial charge in [0.25, 0.3) is 11.8 Å².